The lowest BCUT2D eigenvalue weighted by atomic mass is 10.1. The number of hydrogen-bond acceptors (Lipinski definition) is 3. The van der Waals surface area contributed by atoms with Crippen LogP contribution in [-0.2, 0) is 11.2 Å². The van der Waals surface area contributed by atoms with E-state index in [1.54, 1.807) is 7.11 Å². The molecule has 0 fully saturated rings. The molecule has 0 unspecified atom stereocenters. The average Bonchev–Trinajstić information content (AvgIpc) is 2.45. The van der Waals surface area contributed by atoms with Crippen molar-refractivity contribution in [1.29, 1.82) is 0 Å². The second kappa shape index (κ2) is 11.8. The third-order valence-corrected chi connectivity index (χ3v) is 3.53. The number of methoxy groups -OCH3 is 1. The van der Waals surface area contributed by atoms with Crippen LogP contribution in [0.15, 0.2) is 22.7 Å². The second-order valence-electron chi connectivity index (χ2n) is 4.57. The molecule has 0 saturated heterocycles. The maximum atomic E-state index is 11.7. The quantitative estimate of drug-likeness (QED) is 0.649. The SMILES string of the molecule is CCCNCCNC(=O)CCc1ccc(OC)c(Br)c1.Cl. The summed E-state index contributed by atoms with van der Waals surface area (Å²) in [5.41, 5.74) is 1.12. The van der Waals surface area contributed by atoms with Crippen molar-refractivity contribution in [3.05, 3.63) is 28.2 Å². The van der Waals surface area contributed by atoms with Gasteiger partial charge in [0.1, 0.15) is 5.75 Å². The fourth-order valence-electron chi connectivity index (χ4n) is 1.80. The van der Waals surface area contributed by atoms with Crippen molar-refractivity contribution in [1.82, 2.24) is 10.6 Å². The molecule has 1 aromatic carbocycles. The Labute approximate surface area is 141 Å². The van der Waals surface area contributed by atoms with Gasteiger partial charge >= 0.3 is 0 Å². The first-order chi connectivity index (χ1) is 9.67. The van der Waals surface area contributed by atoms with Crippen LogP contribution in [0.3, 0.4) is 0 Å². The Balaban J connectivity index is 0.00000400. The van der Waals surface area contributed by atoms with Crippen LogP contribution in [0.2, 0.25) is 0 Å². The van der Waals surface area contributed by atoms with Crippen molar-refractivity contribution in [3.8, 4) is 5.75 Å². The van der Waals surface area contributed by atoms with Gasteiger partial charge in [-0.25, -0.2) is 0 Å². The van der Waals surface area contributed by atoms with E-state index in [4.69, 9.17) is 4.74 Å². The minimum atomic E-state index is 0. The van der Waals surface area contributed by atoms with E-state index in [0.29, 0.717) is 13.0 Å². The van der Waals surface area contributed by atoms with Crippen molar-refractivity contribution in [2.45, 2.75) is 26.2 Å². The van der Waals surface area contributed by atoms with E-state index in [-0.39, 0.29) is 18.3 Å². The zero-order valence-corrected chi connectivity index (χ0v) is 15.0. The van der Waals surface area contributed by atoms with Crippen LogP contribution in [0.1, 0.15) is 25.3 Å². The van der Waals surface area contributed by atoms with Crippen LogP contribution in [0.4, 0.5) is 0 Å². The summed E-state index contributed by atoms with van der Waals surface area (Å²) in [5, 5.41) is 6.16. The zero-order chi connectivity index (χ0) is 14.8. The number of carbonyl (C=O) groups excluding carboxylic acids is 1. The first-order valence-corrected chi connectivity index (χ1v) is 7.76. The maximum Gasteiger partial charge on any atom is 0.220 e. The first-order valence-electron chi connectivity index (χ1n) is 6.97. The molecule has 0 aliphatic heterocycles. The number of nitrogens with one attached hydrogen (secondary N) is 2. The highest BCUT2D eigenvalue weighted by atomic mass is 79.9. The van der Waals surface area contributed by atoms with Gasteiger partial charge in [-0.1, -0.05) is 13.0 Å². The second-order valence-corrected chi connectivity index (χ2v) is 5.42. The van der Waals surface area contributed by atoms with E-state index >= 15 is 0 Å². The lowest BCUT2D eigenvalue weighted by molar-refractivity contribution is -0.121. The summed E-state index contributed by atoms with van der Waals surface area (Å²) < 4.78 is 6.10. The highest BCUT2D eigenvalue weighted by Crippen LogP contribution is 2.25. The van der Waals surface area contributed by atoms with Gasteiger partial charge in [0.15, 0.2) is 0 Å². The molecular formula is C15H24BrClN2O2. The van der Waals surface area contributed by atoms with Gasteiger partial charge in [0.2, 0.25) is 5.91 Å². The molecule has 0 atom stereocenters. The topological polar surface area (TPSA) is 50.4 Å². The summed E-state index contributed by atoms with van der Waals surface area (Å²) in [7, 11) is 1.64. The number of ether oxygens (including phenoxy) is 1. The van der Waals surface area contributed by atoms with E-state index in [1.807, 2.05) is 18.2 Å². The van der Waals surface area contributed by atoms with E-state index in [2.05, 4.69) is 33.5 Å². The van der Waals surface area contributed by atoms with E-state index in [9.17, 15) is 4.79 Å². The third kappa shape index (κ3) is 8.29. The largest absolute Gasteiger partial charge is 0.496 e. The molecule has 21 heavy (non-hydrogen) atoms. The van der Waals surface area contributed by atoms with Gasteiger partial charge < -0.3 is 15.4 Å². The van der Waals surface area contributed by atoms with Crippen LogP contribution in [0, 0.1) is 0 Å². The average molecular weight is 380 g/mol. The van der Waals surface area contributed by atoms with Gasteiger partial charge in [-0.3, -0.25) is 4.79 Å². The Morgan fingerprint density at radius 2 is 2.05 bits per heavy atom. The van der Waals surface area contributed by atoms with Gasteiger partial charge in [-0.05, 0) is 53.0 Å². The monoisotopic (exact) mass is 378 g/mol. The minimum absolute atomic E-state index is 0. The summed E-state index contributed by atoms with van der Waals surface area (Å²) in [5.74, 6) is 0.899. The smallest absolute Gasteiger partial charge is 0.220 e. The van der Waals surface area contributed by atoms with Crippen LogP contribution < -0.4 is 15.4 Å². The van der Waals surface area contributed by atoms with Crippen molar-refractivity contribution in [2.75, 3.05) is 26.7 Å². The third-order valence-electron chi connectivity index (χ3n) is 2.91. The predicted molar refractivity (Wildman–Crippen MR) is 92.4 cm³/mol. The molecule has 0 saturated carbocycles. The number of aryl methyl sites for hydroxylation is 1. The molecule has 0 aliphatic carbocycles. The molecule has 0 aliphatic rings. The molecule has 2 N–H and O–H groups in total. The Bertz CT molecular complexity index is 430. The molecule has 4 nitrogen and oxygen atoms in total. The molecule has 0 radical (unpaired) electrons. The van der Waals surface area contributed by atoms with Crippen molar-refractivity contribution < 1.29 is 9.53 Å². The summed E-state index contributed by atoms with van der Waals surface area (Å²) in [6.07, 6.45) is 2.35. The lowest BCUT2D eigenvalue weighted by Gasteiger charge is -2.08. The molecule has 6 heteroatoms. The summed E-state index contributed by atoms with van der Waals surface area (Å²) in [6, 6.07) is 5.89. The minimum Gasteiger partial charge on any atom is -0.496 e. The van der Waals surface area contributed by atoms with Gasteiger partial charge in [0.05, 0.1) is 11.6 Å². The van der Waals surface area contributed by atoms with Crippen LogP contribution in [0.5, 0.6) is 5.75 Å². The van der Waals surface area contributed by atoms with Gasteiger partial charge in [-0.2, -0.15) is 0 Å². The summed E-state index contributed by atoms with van der Waals surface area (Å²) in [4.78, 5) is 11.7. The number of carbonyl (C=O) groups is 1. The van der Waals surface area contributed by atoms with Crippen LogP contribution >= 0.6 is 28.3 Å². The number of hydrogen-bond donors (Lipinski definition) is 2. The lowest BCUT2D eigenvalue weighted by Crippen LogP contribution is -2.32. The van der Waals surface area contributed by atoms with Gasteiger partial charge in [-0.15, -0.1) is 12.4 Å². The zero-order valence-electron chi connectivity index (χ0n) is 12.6. The fourth-order valence-corrected chi connectivity index (χ4v) is 2.39. The molecule has 0 spiro atoms. The Morgan fingerprint density at radius 3 is 2.67 bits per heavy atom. The standard InChI is InChI=1S/C15H23BrN2O2.ClH/c1-3-8-17-9-10-18-15(19)7-5-12-4-6-14(20-2)13(16)11-12;/h4,6,11,17H,3,5,7-10H2,1-2H3,(H,18,19);1H. The number of amides is 1. The van der Waals surface area contributed by atoms with Crippen LogP contribution in [0.25, 0.3) is 0 Å². The fraction of sp³-hybridized carbons (Fsp3) is 0.533. The van der Waals surface area contributed by atoms with Gasteiger partial charge in [0, 0.05) is 19.5 Å². The maximum absolute atomic E-state index is 11.7. The van der Waals surface area contributed by atoms with Gasteiger partial charge in [0.25, 0.3) is 0 Å². The highest BCUT2D eigenvalue weighted by Gasteiger charge is 2.04. The summed E-state index contributed by atoms with van der Waals surface area (Å²) in [6.45, 7) is 4.63. The molecule has 0 heterocycles. The number of rotatable bonds is 9. The Morgan fingerprint density at radius 1 is 1.29 bits per heavy atom. The Kier molecular flexibility index (Phi) is 11.4. The molecule has 0 aromatic heterocycles. The first kappa shape index (κ1) is 20.2. The van der Waals surface area contributed by atoms with Crippen LogP contribution in [-0.4, -0.2) is 32.7 Å². The molecule has 1 amide bonds. The highest BCUT2D eigenvalue weighted by molar-refractivity contribution is 9.10. The number of halogens is 2. The summed E-state index contributed by atoms with van der Waals surface area (Å²) >= 11 is 3.45. The predicted octanol–water partition coefficient (Wildman–Crippen LogP) is 2.93. The normalized spacial score (nSPS) is 9.86. The molecular weight excluding hydrogens is 356 g/mol. The number of benzene rings is 1. The molecule has 0 bridgehead atoms. The molecule has 120 valence electrons. The Hall–Kier alpha value is -0.780. The van der Waals surface area contributed by atoms with E-state index in [0.717, 1.165) is 41.7 Å². The van der Waals surface area contributed by atoms with Crippen molar-refractivity contribution in [2.24, 2.45) is 0 Å². The molecule has 1 rings (SSSR count). The van der Waals surface area contributed by atoms with E-state index in [1.165, 1.54) is 0 Å². The van der Waals surface area contributed by atoms with Crippen molar-refractivity contribution in [3.63, 3.8) is 0 Å². The van der Waals surface area contributed by atoms with E-state index < -0.39 is 0 Å². The molecule has 1 aromatic rings. The van der Waals surface area contributed by atoms with Crippen molar-refractivity contribution >= 4 is 34.2 Å².